The highest BCUT2D eigenvalue weighted by Crippen LogP contribution is 2.21. The molecule has 0 saturated carbocycles. The topological polar surface area (TPSA) is 86.3 Å². The molecule has 6 heteroatoms. The Morgan fingerprint density at radius 1 is 1.12 bits per heavy atom. The van der Waals surface area contributed by atoms with E-state index in [9.17, 15) is 9.59 Å². The van der Waals surface area contributed by atoms with Gasteiger partial charge >= 0.3 is 0 Å². The van der Waals surface area contributed by atoms with Crippen LogP contribution in [-0.4, -0.2) is 23.0 Å². The van der Waals surface area contributed by atoms with Crippen molar-refractivity contribution in [3.63, 3.8) is 0 Å². The van der Waals surface area contributed by atoms with Gasteiger partial charge in [0.05, 0.1) is 11.1 Å². The number of aryl methyl sites for hydroxylation is 1. The van der Waals surface area contributed by atoms with Gasteiger partial charge in [0.25, 0.3) is 11.8 Å². The van der Waals surface area contributed by atoms with E-state index >= 15 is 0 Å². The number of para-hydroxylation sites is 1. The first kappa shape index (κ1) is 15.8. The van der Waals surface area contributed by atoms with Crippen molar-refractivity contribution in [3.8, 4) is 5.75 Å². The fourth-order valence-electron chi connectivity index (χ4n) is 2.49. The Morgan fingerprint density at radius 3 is 2.54 bits per heavy atom. The number of hydrogen-bond donors (Lipinski definition) is 2. The number of hydrogen-bond acceptors (Lipinski definition) is 4. The molecule has 1 heterocycles. The predicted octanol–water partition coefficient (Wildman–Crippen LogP) is 2.27. The fourth-order valence-corrected chi connectivity index (χ4v) is 2.49. The summed E-state index contributed by atoms with van der Waals surface area (Å²) in [6, 6.07) is 14.6. The number of nitrogens with one attached hydrogen (secondary N) is 1. The third-order valence-electron chi connectivity index (χ3n) is 3.74. The molecule has 24 heavy (non-hydrogen) atoms. The van der Waals surface area contributed by atoms with Crippen LogP contribution < -0.4 is 16.0 Å². The van der Waals surface area contributed by atoms with E-state index in [2.05, 4.69) is 5.43 Å². The highest BCUT2D eigenvalue weighted by atomic mass is 16.5. The zero-order chi connectivity index (χ0) is 17.1. The Bertz CT molecular complexity index is 898. The summed E-state index contributed by atoms with van der Waals surface area (Å²) in [7, 11) is 0. The molecule has 122 valence electrons. The second-order valence-corrected chi connectivity index (χ2v) is 5.40. The molecule has 0 atom stereocenters. The lowest BCUT2D eigenvalue weighted by Crippen LogP contribution is -2.29. The zero-order valence-corrected chi connectivity index (χ0v) is 13.2. The minimum atomic E-state index is -0.447. The van der Waals surface area contributed by atoms with Crippen molar-refractivity contribution in [2.75, 3.05) is 6.61 Å². The summed E-state index contributed by atoms with van der Waals surface area (Å²) in [5, 5.41) is 0.657. The summed E-state index contributed by atoms with van der Waals surface area (Å²) in [6.07, 6.45) is 1.48. The van der Waals surface area contributed by atoms with Crippen LogP contribution >= 0.6 is 0 Å². The zero-order valence-electron chi connectivity index (χ0n) is 13.2. The van der Waals surface area contributed by atoms with Crippen molar-refractivity contribution < 1.29 is 14.3 Å². The molecule has 1 aromatic heterocycles. The summed E-state index contributed by atoms with van der Waals surface area (Å²) >= 11 is 0. The highest BCUT2D eigenvalue weighted by Gasteiger charge is 2.17. The molecule has 0 aliphatic heterocycles. The summed E-state index contributed by atoms with van der Waals surface area (Å²) in [4.78, 5) is 24.4. The number of ether oxygens (including phenoxy) is 1. The first-order valence-corrected chi connectivity index (χ1v) is 7.44. The number of rotatable bonds is 4. The van der Waals surface area contributed by atoms with Gasteiger partial charge in [0, 0.05) is 11.6 Å². The number of carbonyl (C=O) groups excluding carboxylic acids is 2. The molecular formula is C18H17N3O3. The number of amides is 1. The number of carbonyl (C=O) groups is 2. The maximum absolute atomic E-state index is 12.5. The number of nitrogen functional groups attached to an aromatic ring is 1. The first-order valence-electron chi connectivity index (χ1n) is 7.44. The molecule has 0 bridgehead atoms. The van der Waals surface area contributed by atoms with Gasteiger partial charge < -0.3 is 4.74 Å². The van der Waals surface area contributed by atoms with Crippen molar-refractivity contribution in [2.45, 2.75) is 6.92 Å². The molecule has 6 nitrogen and oxygen atoms in total. The molecule has 0 unspecified atom stereocenters. The van der Waals surface area contributed by atoms with E-state index < -0.39 is 5.91 Å². The van der Waals surface area contributed by atoms with Gasteiger partial charge in [0.1, 0.15) is 5.75 Å². The third-order valence-corrected chi connectivity index (χ3v) is 3.74. The highest BCUT2D eigenvalue weighted by molar-refractivity contribution is 6.09. The monoisotopic (exact) mass is 323 g/mol. The van der Waals surface area contributed by atoms with E-state index in [1.165, 1.54) is 10.8 Å². The van der Waals surface area contributed by atoms with Gasteiger partial charge in [-0.25, -0.2) is 5.84 Å². The van der Waals surface area contributed by atoms with Crippen molar-refractivity contribution in [1.82, 2.24) is 9.99 Å². The van der Waals surface area contributed by atoms with Gasteiger partial charge in [0.15, 0.2) is 6.61 Å². The van der Waals surface area contributed by atoms with Crippen molar-refractivity contribution in [3.05, 3.63) is 65.9 Å². The van der Waals surface area contributed by atoms with Crippen LogP contribution in [0.4, 0.5) is 0 Å². The third kappa shape index (κ3) is 3.00. The van der Waals surface area contributed by atoms with E-state index in [-0.39, 0.29) is 12.5 Å². The number of benzene rings is 2. The minimum Gasteiger partial charge on any atom is -0.484 e. The van der Waals surface area contributed by atoms with Crippen molar-refractivity contribution in [2.24, 2.45) is 5.84 Å². The Labute approximate surface area is 138 Å². The second kappa shape index (κ2) is 6.55. The number of hydrazine groups is 1. The van der Waals surface area contributed by atoms with Gasteiger partial charge in [-0.15, -0.1) is 0 Å². The second-order valence-electron chi connectivity index (χ2n) is 5.40. The Balaban J connectivity index is 1.87. The van der Waals surface area contributed by atoms with Gasteiger partial charge in [-0.2, -0.15) is 0 Å². The molecule has 2 aromatic carbocycles. The smallest absolute Gasteiger partial charge is 0.269 e. The normalized spacial score (nSPS) is 10.6. The number of fused-ring (bicyclic) bond motifs is 1. The van der Waals surface area contributed by atoms with Crippen LogP contribution in [0.2, 0.25) is 0 Å². The molecular weight excluding hydrogens is 306 g/mol. The maximum atomic E-state index is 12.5. The molecule has 3 N–H and O–H groups in total. The Hall–Kier alpha value is -3.12. The first-order chi connectivity index (χ1) is 11.6. The van der Waals surface area contributed by atoms with E-state index in [1.54, 1.807) is 24.3 Å². The summed E-state index contributed by atoms with van der Waals surface area (Å²) < 4.78 is 6.94. The quantitative estimate of drug-likeness (QED) is 0.438. The lowest BCUT2D eigenvalue weighted by Gasteiger charge is -2.07. The Kier molecular flexibility index (Phi) is 4.31. The van der Waals surface area contributed by atoms with Crippen LogP contribution in [0.1, 0.15) is 20.7 Å². The average Bonchev–Trinajstić information content (AvgIpc) is 3.00. The van der Waals surface area contributed by atoms with Gasteiger partial charge in [-0.1, -0.05) is 35.9 Å². The van der Waals surface area contributed by atoms with Gasteiger partial charge in [0.2, 0.25) is 0 Å². The predicted molar refractivity (Wildman–Crippen MR) is 90.9 cm³/mol. The Morgan fingerprint density at radius 2 is 1.83 bits per heavy atom. The standard InChI is InChI=1S/C18H17N3O3/c1-12-6-8-13(9-7-12)24-11-17(22)21-10-15(18(23)20-19)14-4-2-3-5-16(14)21/h2-10H,11,19H2,1H3,(H,20,23). The summed E-state index contributed by atoms with van der Waals surface area (Å²) in [5.41, 5.74) is 4.18. The van der Waals surface area contributed by atoms with Crippen LogP contribution in [-0.2, 0) is 0 Å². The van der Waals surface area contributed by atoms with E-state index in [4.69, 9.17) is 10.6 Å². The van der Waals surface area contributed by atoms with Crippen LogP contribution in [0, 0.1) is 6.92 Å². The van der Waals surface area contributed by atoms with Gasteiger partial charge in [-0.3, -0.25) is 19.6 Å². The maximum Gasteiger partial charge on any atom is 0.269 e. The molecule has 3 rings (SSSR count). The summed E-state index contributed by atoms with van der Waals surface area (Å²) in [6.45, 7) is 1.84. The minimum absolute atomic E-state index is 0.134. The number of nitrogens with two attached hydrogens (primary N) is 1. The van der Waals surface area contributed by atoms with Crippen LogP contribution in [0.3, 0.4) is 0 Å². The average molecular weight is 323 g/mol. The molecule has 3 aromatic rings. The lowest BCUT2D eigenvalue weighted by molar-refractivity contribution is 0.0843. The molecule has 0 saturated heterocycles. The number of aromatic nitrogens is 1. The summed E-state index contributed by atoms with van der Waals surface area (Å²) in [5.74, 6) is 5.10. The van der Waals surface area contributed by atoms with E-state index in [1.807, 2.05) is 31.2 Å². The van der Waals surface area contributed by atoms with Crippen LogP contribution in [0.25, 0.3) is 10.9 Å². The molecule has 0 aliphatic rings. The lowest BCUT2D eigenvalue weighted by atomic mass is 10.2. The van der Waals surface area contributed by atoms with Crippen LogP contribution in [0.15, 0.2) is 54.7 Å². The molecule has 0 aliphatic carbocycles. The van der Waals surface area contributed by atoms with Crippen molar-refractivity contribution >= 4 is 22.7 Å². The van der Waals surface area contributed by atoms with E-state index in [0.29, 0.717) is 22.2 Å². The van der Waals surface area contributed by atoms with Crippen LogP contribution in [0.5, 0.6) is 5.75 Å². The van der Waals surface area contributed by atoms with Crippen molar-refractivity contribution in [1.29, 1.82) is 0 Å². The number of nitrogens with zero attached hydrogens (tertiary/aromatic N) is 1. The van der Waals surface area contributed by atoms with Gasteiger partial charge in [-0.05, 0) is 25.1 Å². The molecule has 0 radical (unpaired) electrons. The molecule has 0 spiro atoms. The van der Waals surface area contributed by atoms with E-state index in [0.717, 1.165) is 5.56 Å². The fraction of sp³-hybridized carbons (Fsp3) is 0.111. The molecule has 0 fully saturated rings. The SMILES string of the molecule is Cc1ccc(OCC(=O)n2cc(C(=O)NN)c3ccccc32)cc1. The molecule has 1 amide bonds. The largest absolute Gasteiger partial charge is 0.484 e.